The van der Waals surface area contributed by atoms with E-state index in [9.17, 15) is 19.2 Å². The van der Waals surface area contributed by atoms with E-state index in [4.69, 9.17) is 38.4 Å². The molecule has 4 aliphatic rings. The summed E-state index contributed by atoms with van der Waals surface area (Å²) in [4.78, 5) is 71.6. The van der Waals surface area contributed by atoms with Crippen molar-refractivity contribution in [1.82, 2.24) is 40.4 Å². The van der Waals surface area contributed by atoms with Gasteiger partial charge in [-0.1, -0.05) is 27.7 Å². The fraction of sp³-hybridized carbons (Fsp3) is 0.500. The second-order valence-electron chi connectivity index (χ2n) is 16.5. The van der Waals surface area contributed by atoms with E-state index in [1.54, 1.807) is 22.2 Å². The van der Waals surface area contributed by atoms with Crippen LogP contribution in [-0.4, -0.2) is 120 Å². The Morgan fingerprint density at radius 3 is 1.32 bits per heavy atom. The van der Waals surface area contributed by atoms with Crippen molar-refractivity contribution in [2.24, 2.45) is 11.8 Å². The highest BCUT2D eigenvalue weighted by molar-refractivity contribution is 5.90. The molecule has 2 saturated heterocycles. The van der Waals surface area contributed by atoms with Gasteiger partial charge in [0.2, 0.25) is 11.8 Å². The molecule has 4 N–H and O–H groups in total. The van der Waals surface area contributed by atoms with Gasteiger partial charge in [0.05, 0.1) is 50.1 Å². The zero-order chi connectivity index (χ0) is 43.7. The molecule has 18 nitrogen and oxygen atoms in total. The highest BCUT2D eigenvalue weighted by Crippen LogP contribution is 2.52. The maximum Gasteiger partial charge on any atom is 0.407 e. The van der Waals surface area contributed by atoms with Crippen molar-refractivity contribution >= 4 is 24.0 Å². The molecule has 0 spiro atoms. The van der Waals surface area contributed by atoms with Gasteiger partial charge in [-0.2, -0.15) is 0 Å². The molecule has 2 aromatic carbocycles. The Kier molecular flexibility index (Phi) is 12.2. The zero-order valence-corrected chi connectivity index (χ0v) is 35.9. The molecule has 4 aromatic rings. The maximum atomic E-state index is 13.8. The van der Waals surface area contributed by atoms with Gasteiger partial charge in [-0.25, -0.2) is 19.6 Å². The van der Waals surface area contributed by atoms with Gasteiger partial charge in [-0.05, 0) is 61.8 Å². The molecule has 18 heteroatoms. The molecule has 6 heterocycles. The van der Waals surface area contributed by atoms with E-state index in [-0.39, 0.29) is 35.7 Å². The van der Waals surface area contributed by atoms with Crippen LogP contribution in [-0.2, 0) is 19.1 Å². The molecule has 2 aromatic heterocycles. The summed E-state index contributed by atoms with van der Waals surface area (Å²) in [6, 6.07) is 5.76. The molecule has 0 unspecified atom stereocenters. The molecule has 330 valence electrons. The van der Waals surface area contributed by atoms with E-state index in [0.717, 1.165) is 47.9 Å². The SMILES string of the molecule is COC(=O)N[C@H](C(=O)N1CCC[C@H]1c1ncc(-c2ccc(-c3ccc(-c4cnc([C@@H]5CCCN5C(=O)[C@@H](NC(=O)OC)C(C)C)[nH]4)c4c3OCCO4)c3c2OCCO3)[nH]1)C(C)C. The normalized spacial score (nSPS) is 19.0. The van der Waals surface area contributed by atoms with E-state index >= 15 is 0 Å². The number of carbonyl (C=O) groups excluding carboxylic acids is 4. The predicted octanol–water partition coefficient (Wildman–Crippen LogP) is 5.76. The molecule has 0 radical (unpaired) electrons. The molecule has 4 aliphatic heterocycles. The van der Waals surface area contributed by atoms with Crippen LogP contribution in [0.2, 0.25) is 0 Å². The number of carbonyl (C=O) groups is 4. The van der Waals surface area contributed by atoms with Gasteiger partial charge in [0, 0.05) is 35.3 Å². The van der Waals surface area contributed by atoms with Crippen LogP contribution in [0.1, 0.15) is 77.1 Å². The topological polar surface area (TPSA) is 212 Å². The lowest BCUT2D eigenvalue weighted by atomic mass is 9.96. The highest BCUT2D eigenvalue weighted by atomic mass is 16.6. The summed E-state index contributed by atoms with van der Waals surface area (Å²) < 4.78 is 34.9. The summed E-state index contributed by atoms with van der Waals surface area (Å²) in [5.41, 5.74) is 4.42. The minimum atomic E-state index is -0.740. The molecule has 0 saturated carbocycles. The zero-order valence-electron chi connectivity index (χ0n) is 35.9. The molecular weight excluding hydrogens is 801 g/mol. The van der Waals surface area contributed by atoms with Crippen LogP contribution < -0.4 is 29.6 Å². The van der Waals surface area contributed by atoms with E-state index in [2.05, 4.69) is 20.6 Å². The van der Waals surface area contributed by atoms with Gasteiger partial charge < -0.3 is 58.8 Å². The summed E-state index contributed by atoms with van der Waals surface area (Å²) in [7, 11) is 2.56. The molecule has 4 amide bonds. The Balaban J connectivity index is 1.07. The Hall–Kier alpha value is -6.46. The molecule has 8 rings (SSSR count). The highest BCUT2D eigenvalue weighted by Gasteiger charge is 2.40. The van der Waals surface area contributed by atoms with E-state index in [0.29, 0.717) is 85.6 Å². The first-order valence-electron chi connectivity index (χ1n) is 21.2. The number of aromatic nitrogens is 4. The lowest BCUT2D eigenvalue weighted by Gasteiger charge is -2.30. The minimum absolute atomic E-state index is 0.149. The fourth-order valence-corrected chi connectivity index (χ4v) is 8.79. The number of nitrogens with zero attached hydrogens (tertiary/aromatic N) is 4. The minimum Gasteiger partial charge on any atom is -0.485 e. The second-order valence-corrected chi connectivity index (χ2v) is 16.5. The number of nitrogens with one attached hydrogen (secondary N) is 4. The van der Waals surface area contributed by atoms with E-state index in [1.165, 1.54) is 14.2 Å². The standard InChI is InChI=1S/C44H54N8O10/c1-23(2)33(49-43(55)57-5)41(53)51-15-7-9-31(51)39-45-21-29(47-39)27-13-11-25(35-37(27)61-19-17-59-35)26-12-14-28(38-36(26)60-18-20-62-38)30-22-46-40(48-30)32-10-8-16-52(32)42(54)34(24(3)4)50-44(56)58-6/h11-14,21-24,31-34H,7-10,15-20H2,1-6H3,(H,45,47)(H,46,48)(H,49,55)(H,50,56)/t31-,32-,33-,34-/m0/s1. The summed E-state index contributed by atoms with van der Waals surface area (Å²) in [6.07, 6.45) is 5.20. The number of alkyl carbamates (subject to hydrolysis) is 2. The van der Waals surface area contributed by atoms with Crippen LogP contribution in [0, 0.1) is 11.8 Å². The third-order valence-electron chi connectivity index (χ3n) is 11.9. The van der Waals surface area contributed by atoms with Gasteiger partial charge >= 0.3 is 12.2 Å². The van der Waals surface area contributed by atoms with Gasteiger partial charge in [0.15, 0.2) is 23.0 Å². The number of imidazole rings is 2. The number of aromatic amines is 2. The molecule has 0 bridgehead atoms. The largest absolute Gasteiger partial charge is 0.485 e. The average molecular weight is 855 g/mol. The lowest BCUT2D eigenvalue weighted by molar-refractivity contribution is -0.136. The number of hydrogen-bond acceptors (Lipinski definition) is 12. The molecular formula is C44H54N8O10. The molecule has 62 heavy (non-hydrogen) atoms. The van der Waals surface area contributed by atoms with Crippen molar-refractivity contribution in [2.75, 3.05) is 53.7 Å². The third-order valence-corrected chi connectivity index (χ3v) is 11.9. The first-order chi connectivity index (χ1) is 30.0. The maximum absolute atomic E-state index is 13.8. The quantitative estimate of drug-likeness (QED) is 0.142. The van der Waals surface area contributed by atoms with Crippen LogP contribution in [0.3, 0.4) is 0 Å². The van der Waals surface area contributed by atoms with E-state index in [1.807, 2.05) is 52.0 Å². The number of fused-ring (bicyclic) bond motifs is 2. The van der Waals surface area contributed by atoms with Gasteiger partial charge in [-0.15, -0.1) is 0 Å². The van der Waals surface area contributed by atoms with Crippen molar-refractivity contribution in [3.63, 3.8) is 0 Å². The fourth-order valence-electron chi connectivity index (χ4n) is 8.79. The third kappa shape index (κ3) is 8.04. The summed E-state index contributed by atoms with van der Waals surface area (Å²) in [5, 5.41) is 5.40. The Morgan fingerprint density at radius 1 is 0.613 bits per heavy atom. The van der Waals surface area contributed by atoms with Crippen molar-refractivity contribution in [3.8, 4) is 56.6 Å². The number of methoxy groups -OCH3 is 2. The van der Waals surface area contributed by atoms with Gasteiger partial charge in [0.25, 0.3) is 0 Å². The monoisotopic (exact) mass is 854 g/mol. The number of ether oxygens (including phenoxy) is 6. The van der Waals surface area contributed by atoms with Crippen molar-refractivity contribution in [3.05, 3.63) is 48.3 Å². The van der Waals surface area contributed by atoms with Crippen molar-refractivity contribution in [2.45, 2.75) is 77.5 Å². The summed E-state index contributed by atoms with van der Waals surface area (Å²) in [5.74, 6) is 2.82. The van der Waals surface area contributed by atoms with Crippen LogP contribution in [0.5, 0.6) is 23.0 Å². The number of likely N-dealkylation sites (tertiary alicyclic amines) is 2. The number of amides is 4. The first kappa shape index (κ1) is 42.2. The van der Waals surface area contributed by atoms with Crippen LogP contribution >= 0.6 is 0 Å². The number of benzene rings is 2. The van der Waals surface area contributed by atoms with Crippen molar-refractivity contribution < 1.29 is 47.6 Å². The van der Waals surface area contributed by atoms with Crippen LogP contribution in [0.4, 0.5) is 9.59 Å². The molecule has 0 aliphatic carbocycles. The summed E-state index contributed by atoms with van der Waals surface area (Å²) in [6.45, 7) is 10.0. The smallest absolute Gasteiger partial charge is 0.407 e. The van der Waals surface area contributed by atoms with Crippen LogP contribution in [0.15, 0.2) is 36.7 Å². The van der Waals surface area contributed by atoms with Gasteiger partial charge in [-0.3, -0.25) is 9.59 Å². The van der Waals surface area contributed by atoms with Crippen LogP contribution in [0.25, 0.3) is 33.6 Å². The predicted molar refractivity (Wildman–Crippen MR) is 225 cm³/mol. The first-order valence-corrected chi connectivity index (χ1v) is 21.2. The number of hydrogen-bond donors (Lipinski definition) is 4. The van der Waals surface area contributed by atoms with Gasteiger partial charge in [0.1, 0.15) is 50.2 Å². The summed E-state index contributed by atoms with van der Waals surface area (Å²) >= 11 is 0. The Bertz CT molecular complexity index is 2160. The number of H-pyrrole nitrogens is 2. The Morgan fingerprint density at radius 2 is 0.968 bits per heavy atom. The lowest BCUT2D eigenvalue weighted by Crippen LogP contribution is -2.51. The second kappa shape index (κ2) is 17.9. The Labute approximate surface area is 359 Å². The number of rotatable bonds is 11. The van der Waals surface area contributed by atoms with E-state index < -0.39 is 24.3 Å². The van der Waals surface area contributed by atoms with Crippen molar-refractivity contribution in [1.29, 1.82) is 0 Å². The molecule has 2 fully saturated rings. The molecule has 4 atom stereocenters. The average Bonchev–Trinajstić information content (AvgIpc) is 4.13.